The number of piperidine rings is 1. The summed E-state index contributed by atoms with van der Waals surface area (Å²) in [5.74, 6) is -2.13. The third-order valence-corrected chi connectivity index (χ3v) is 6.80. The van der Waals surface area contributed by atoms with Crippen molar-refractivity contribution in [3.05, 3.63) is 72.7 Å². The number of hydrogen-bond acceptors (Lipinski definition) is 5. The van der Waals surface area contributed by atoms with Crippen molar-refractivity contribution in [3.8, 4) is 28.0 Å². The van der Waals surface area contributed by atoms with Crippen molar-refractivity contribution in [2.24, 2.45) is 5.73 Å². The summed E-state index contributed by atoms with van der Waals surface area (Å²) in [4.78, 5) is 7.10. The highest BCUT2D eigenvalue weighted by Crippen LogP contribution is 2.31. The zero-order chi connectivity index (χ0) is 25.1. The average molecular weight is 492 g/mol. The number of hydrogen-bond donors (Lipinski definition) is 1. The number of nitrogens with two attached hydrogens (primary N) is 1. The minimum atomic E-state index is -2.98. The first kappa shape index (κ1) is 24.3. The summed E-state index contributed by atoms with van der Waals surface area (Å²) in [7, 11) is 0. The maximum Gasteiger partial charge on any atom is 0.264 e. The van der Waals surface area contributed by atoms with Crippen LogP contribution < -0.4 is 10.5 Å². The molecule has 5 rings (SSSR count). The lowest BCUT2D eigenvalue weighted by Crippen LogP contribution is -2.33. The van der Waals surface area contributed by atoms with E-state index in [1.165, 1.54) is 32.4 Å². The van der Waals surface area contributed by atoms with E-state index < -0.39 is 12.0 Å². The van der Waals surface area contributed by atoms with Gasteiger partial charge in [-0.1, -0.05) is 42.8 Å². The highest BCUT2D eigenvalue weighted by atomic mass is 19.3. The van der Waals surface area contributed by atoms with E-state index in [0.29, 0.717) is 17.8 Å². The summed E-state index contributed by atoms with van der Waals surface area (Å²) < 4.78 is 34.8. The van der Waals surface area contributed by atoms with Gasteiger partial charge in [0.1, 0.15) is 12.4 Å². The Balaban J connectivity index is 1.26. The van der Waals surface area contributed by atoms with Crippen LogP contribution in [0, 0.1) is 0 Å². The zero-order valence-electron chi connectivity index (χ0n) is 20.4. The molecule has 1 aliphatic heterocycles. The number of benzene rings is 2. The molecule has 1 unspecified atom stereocenters. The highest BCUT2D eigenvalue weighted by molar-refractivity contribution is 5.78. The van der Waals surface area contributed by atoms with Crippen LogP contribution in [-0.4, -0.2) is 51.7 Å². The summed E-state index contributed by atoms with van der Waals surface area (Å²) in [5.41, 5.74) is 10.4. The summed E-state index contributed by atoms with van der Waals surface area (Å²) in [5, 5.41) is 4.46. The van der Waals surface area contributed by atoms with Gasteiger partial charge >= 0.3 is 0 Å². The first-order valence-electron chi connectivity index (χ1n) is 12.4. The van der Waals surface area contributed by atoms with Crippen LogP contribution >= 0.6 is 0 Å². The van der Waals surface area contributed by atoms with Crippen molar-refractivity contribution < 1.29 is 13.5 Å². The second kappa shape index (κ2) is 10.3. The SMILES string of the molecule is CC(F)(F)C(N)c1ccc(-c2cnn3cc(-c4ccc(OCCN5CCCCC5)cc4)cnc23)cc1. The molecule has 1 fully saturated rings. The zero-order valence-corrected chi connectivity index (χ0v) is 20.4. The Labute approximate surface area is 209 Å². The van der Waals surface area contributed by atoms with Gasteiger partial charge in [-0.2, -0.15) is 5.10 Å². The summed E-state index contributed by atoms with van der Waals surface area (Å²) in [6.45, 7) is 4.82. The Hall–Kier alpha value is -3.36. The Morgan fingerprint density at radius 3 is 2.33 bits per heavy atom. The van der Waals surface area contributed by atoms with Crippen molar-refractivity contribution in [2.75, 3.05) is 26.2 Å². The molecule has 0 spiro atoms. The molecule has 36 heavy (non-hydrogen) atoms. The van der Waals surface area contributed by atoms with E-state index in [1.54, 1.807) is 35.0 Å². The Bertz CT molecular complexity index is 1290. The van der Waals surface area contributed by atoms with E-state index in [-0.39, 0.29) is 0 Å². The van der Waals surface area contributed by atoms with Crippen molar-refractivity contribution in [1.29, 1.82) is 0 Å². The highest BCUT2D eigenvalue weighted by Gasteiger charge is 2.32. The van der Waals surface area contributed by atoms with E-state index in [0.717, 1.165) is 41.5 Å². The first-order valence-corrected chi connectivity index (χ1v) is 12.4. The Kier molecular flexibility index (Phi) is 6.98. The number of halogens is 2. The van der Waals surface area contributed by atoms with Gasteiger partial charge in [0.2, 0.25) is 0 Å². The number of ether oxygens (including phenoxy) is 1. The fraction of sp³-hybridized carbons (Fsp3) is 0.357. The molecule has 2 N–H and O–H groups in total. The molecule has 0 radical (unpaired) electrons. The van der Waals surface area contributed by atoms with Crippen molar-refractivity contribution in [2.45, 2.75) is 38.2 Å². The van der Waals surface area contributed by atoms with Crippen LogP contribution in [0.5, 0.6) is 5.75 Å². The molecule has 1 atom stereocenters. The maximum absolute atomic E-state index is 13.6. The topological polar surface area (TPSA) is 68.7 Å². The van der Waals surface area contributed by atoms with Crippen LogP contribution in [0.4, 0.5) is 8.78 Å². The van der Waals surface area contributed by atoms with Crippen LogP contribution in [0.15, 0.2) is 67.1 Å². The largest absolute Gasteiger partial charge is 0.492 e. The molecule has 2 aromatic carbocycles. The second-order valence-corrected chi connectivity index (χ2v) is 9.50. The predicted molar refractivity (Wildman–Crippen MR) is 137 cm³/mol. The molecule has 0 saturated carbocycles. The number of nitrogens with zero attached hydrogens (tertiary/aromatic N) is 4. The number of alkyl halides is 2. The van der Waals surface area contributed by atoms with Crippen LogP contribution in [-0.2, 0) is 0 Å². The fourth-order valence-electron chi connectivity index (χ4n) is 4.61. The van der Waals surface area contributed by atoms with Crippen LogP contribution in [0.25, 0.3) is 27.9 Å². The number of rotatable bonds is 8. The minimum absolute atomic E-state index is 0.386. The fourth-order valence-corrected chi connectivity index (χ4v) is 4.61. The van der Waals surface area contributed by atoms with Crippen molar-refractivity contribution in [1.82, 2.24) is 19.5 Å². The normalized spacial score (nSPS) is 15.8. The second-order valence-electron chi connectivity index (χ2n) is 9.50. The quantitative estimate of drug-likeness (QED) is 0.348. The molecule has 3 heterocycles. The van der Waals surface area contributed by atoms with Crippen LogP contribution in [0.2, 0.25) is 0 Å². The maximum atomic E-state index is 13.6. The molecule has 2 aromatic heterocycles. The van der Waals surface area contributed by atoms with E-state index in [9.17, 15) is 8.78 Å². The van der Waals surface area contributed by atoms with E-state index in [2.05, 4.69) is 15.0 Å². The molecule has 8 heteroatoms. The molecule has 4 aromatic rings. The third-order valence-electron chi connectivity index (χ3n) is 6.80. The monoisotopic (exact) mass is 491 g/mol. The molecule has 188 valence electrons. The molecular formula is C28H31F2N5O. The lowest BCUT2D eigenvalue weighted by Gasteiger charge is -2.26. The molecule has 6 nitrogen and oxygen atoms in total. The summed E-state index contributed by atoms with van der Waals surface area (Å²) in [6.07, 6.45) is 9.38. The lowest BCUT2D eigenvalue weighted by molar-refractivity contribution is -0.00619. The average Bonchev–Trinajstić information content (AvgIpc) is 3.32. The molecule has 1 saturated heterocycles. The van der Waals surface area contributed by atoms with Gasteiger partial charge < -0.3 is 10.5 Å². The lowest BCUT2D eigenvalue weighted by atomic mass is 9.99. The number of aromatic nitrogens is 3. The van der Waals surface area contributed by atoms with Gasteiger partial charge in [0.15, 0.2) is 5.65 Å². The van der Waals surface area contributed by atoms with Gasteiger partial charge in [0.25, 0.3) is 5.92 Å². The van der Waals surface area contributed by atoms with Crippen molar-refractivity contribution >= 4 is 5.65 Å². The molecule has 0 amide bonds. The smallest absolute Gasteiger partial charge is 0.264 e. The van der Waals surface area contributed by atoms with Gasteiger partial charge in [-0.25, -0.2) is 18.3 Å². The Morgan fingerprint density at radius 1 is 0.944 bits per heavy atom. The van der Waals surface area contributed by atoms with Gasteiger partial charge in [0.05, 0.1) is 12.2 Å². The summed E-state index contributed by atoms with van der Waals surface area (Å²) in [6, 6.07) is 13.5. The van der Waals surface area contributed by atoms with Crippen LogP contribution in [0.3, 0.4) is 0 Å². The first-order chi connectivity index (χ1) is 17.4. The molecular weight excluding hydrogens is 460 g/mol. The van der Waals surface area contributed by atoms with E-state index in [4.69, 9.17) is 10.5 Å². The van der Waals surface area contributed by atoms with E-state index >= 15 is 0 Å². The minimum Gasteiger partial charge on any atom is -0.492 e. The number of fused-ring (bicyclic) bond motifs is 1. The molecule has 0 bridgehead atoms. The third kappa shape index (κ3) is 5.39. The predicted octanol–water partition coefficient (Wildman–Crippen LogP) is 5.58. The van der Waals surface area contributed by atoms with Gasteiger partial charge in [-0.3, -0.25) is 4.90 Å². The van der Waals surface area contributed by atoms with E-state index in [1.807, 2.05) is 36.7 Å². The van der Waals surface area contributed by atoms with Gasteiger partial charge in [0, 0.05) is 37.0 Å². The van der Waals surface area contributed by atoms with Crippen molar-refractivity contribution in [3.63, 3.8) is 0 Å². The standard InChI is InChI=1S/C28H31F2N5O/c1-28(29,30)26(31)22-7-5-21(6-8-22)25-18-33-35-19-23(17-32-27(25)35)20-9-11-24(12-10-20)36-16-15-34-13-3-2-4-14-34/h5-12,17-19,26H,2-4,13-16,31H2,1H3. The molecule has 0 aliphatic carbocycles. The molecule has 1 aliphatic rings. The van der Waals surface area contributed by atoms with Crippen LogP contribution in [0.1, 0.15) is 37.8 Å². The number of likely N-dealkylation sites (tertiary alicyclic amines) is 1. The Morgan fingerprint density at radius 2 is 1.64 bits per heavy atom. The summed E-state index contributed by atoms with van der Waals surface area (Å²) >= 11 is 0. The van der Waals surface area contributed by atoms with Gasteiger partial charge in [-0.05, 0) is 54.8 Å². The van der Waals surface area contributed by atoms with Gasteiger partial charge in [-0.15, -0.1) is 0 Å².